The standard InChI is InChI=1S/C34H21NS/c1-2-9-22(10-3-1)25-14-8-11-23-19-24(17-18-26(23)25)35-31-15-6-4-12-27(31)29-21-34-30(20-32(29)35)28-13-5-7-16-33(28)36-34/h1-21H. The van der Waals surface area contributed by atoms with Gasteiger partial charge in [-0.3, -0.25) is 0 Å². The van der Waals surface area contributed by atoms with Crippen LogP contribution >= 0.6 is 11.3 Å². The summed E-state index contributed by atoms with van der Waals surface area (Å²) in [5.41, 5.74) is 6.21. The first-order chi connectivity index (χ1) is 17.8. The van der Waals surface area contributed by atoms with Gasteiger partial charge in [-0.2, -0.15) is 0 Å². The van der Waals surface area contributed by atoms with Crippen LogP contribution in [0.1, 0.15) is 0 Å². The van der Waals surface area contributed by atoms with Crippen molar-refractivity contribution in [1.29, 1.82) is 0 Å². The van der Waals surface area contributed by atoms with Crippen LogP contribution in [0.2, 0.25) is 0 Å². The van der Waals surface area contributed by atoms with Crippen molar-refractivity contribution in [3.8, 4) is 16.8 Å². The summed E-state index contributed by atoms with van der Waals surface area (Å²) < 4.78 is 5.12. The van der Waals surface area contributed by atoms with Crippen molar-refractivity contribution in [2.45, 2.75) is 0 Å². The van der Waals surface area contributed by atoms with Gasteiger partial charge in [0.2, 0.25) is 0 Å². The lowest BCUT2D eigenvalue weighted by atomic mass is 9.98. The summed E-state index contributed by atoms with van der Waals surface area (Å²) in [6, 6.07) is 46.5. The van der Waals surface area contributed by atoms with E-state index < -0.39 is 0 Å². The van der Waals surface area contributed by atoms with Crippen molar-refractivity contribution in [2.24, 2.45) is 0 Å². The van der Waals surface area contributed by atoms with Crippen molar-refractivity contribution in [1.82, 2.24) is 4.57 Å². The molecule has 0 amide bonds. The lowest BCUT2D eigenvalue weighted by Gasteiger charge is -2.12. The molecule has 2 heterocycles. The van der Waals surface area contributed by atoms with E-state index in [1.54, 1.807) is 0 Å². The van der Waals surface area contributed by atoms with Crippen LogP contribution in [0.3, 0.4) is 0 Å². The SMILES string of the molecule is c1ccc(-c2cccc3cc(-n4c5ccccc5c5cc6sc7ccccc7c6cc54)ccc23)cc1. The molecule has 0 aliphatic carbocycles. The Morgan fingerprint density at radius 3 is 2.17 bits per heavy atom. The van der Waals surface area contributed by atoms with E-state index in [0.717, 1.165) is 0 Å². The fourth-order valence-electron chi connectivity index (χ4n) is 5.74. The van der Waals surface area contributed by atoms with E-state index in [1.807, 2.05) is 11.3 Å². The van der Waals surface area contributed by atoms with Crippen LogP contribution in [-0.2, 0) is 0 Å². The number of para-hydroxylation sites is 1. The Morgan fingerprint density at radius 2 is 1.25 bits per heavy atom. The number of rotatable bonds is 2. The second kappa shape index (κ2) is 7.55. The molecule has 0 aliphatic heterocycles. The second-order valence-corrected chi connectivity index (χ2v) is 10.5. The van der Waals surface area contributed by atoms with Crippen LogP contribution in [0.25, 0.3) is 69.6 Å². The molecular weight excluding hydrogens is 454 g/mol. The average molecular weight is 476 g/mol. The summed E-state index contributed by atoms with van der Waals surface area (Å²) in [6.07, 6.45) is 0. The summed E-state index contributed by atoms with van der Waals surface area (Å²) in [5, 5.41) is 7.80. The van der Waals surface area contributed by atoms with Gasteiger partial charge >= 0.3 is 0 Å². The Balaban J connectivity index is 1.44. The number of fused-ring (bicyclic) bond motifs is 7. The zero-order valence-corrected chi connectivity index (χ0v) is 20.3. The first-order valence-electron chi connectivity index (χ1n) is 12.3. The van der Waals surface area contributed by atoms with Gasteiger partial charge in [-0.15, -0.1) is 11.3 Å². The predicted molar refractivity (Wildman–Crippen MR) is 157 cm³/mol. The van der Waals surface area contributed by atoms with Crippen molar-refractivity contribution < 1.29 is 0 Å². The fraction of sp³-hybridized carbons (Fsp3) is 0. The molecular formula is C34H21NS. The van der Waals surface area contributed by atoms with Gasteiger partial charge in [0, 0.05) is 36.6 Å². The summed E-state index contributed by atoms with van der Waals surface area (Å²) in [4.78, 5) is 0. The van der Waals surface area contributed by atoms with Gasteiger partial charge in [0.1, 0.15) is 0 Å². The van der Waals surface area contributed by atoms with E-state index in [9.17, 15) is 0 Å². The molecule has 0 saturated heterocycles. The lowest BCUT2D eigenvalue weighted by molar-refractivity contribution is 1.19. The molecule has 0 N–H and O–H groups in total. The highest BCUT2D eigenvalue weighted by molar-refractivity contribution is 7.25. The van der Waals surface area contributed by atoms with Crippen molar-refractivity contribution in [2.75, 3.05) is 0 Å². The first kappa shape index (κ1) is 19.9. The largest absolute Gasteiger partial charge is 0.309 e. The number of nitrogens with zero attached hydrogens (tertiary/aromatic N) is 1. The Kier molecular flexibility index (Phi) is 4.16. The van der Waals surface area contributed by atoms with E-state index in [1.165, 1.54) is 69.6 Å². The highest BCUT2D eigenvalue weighted by Crippen LogP contribution is 2.41. The number of hydrogen-bond acceptors (Lipinski definition) is 1. The van der Waals surface area contributed by atoms with Gasteiger partial charge in [-0.1, -0.05) is 91.0 Å². The van der Waals surface area contributed by atoms with Crippen LogP contribution in [0.15, 0.2) is 127 Å². The number of thiophene rings is 1. The molecule has 168 valence electrons. The summed E-state index contributed by atoms with van der Waals surface area (Å²) >= 11 is 1.88. The zero-order chi connectivity index (χ0) is 23.6. The molecule has 1 nitrogen and oxygen atoms in total. The minimum Gasteiger partial charge on any atom is -0.309 e. The molecule has 36 heavy (non-hydrogen) atoms. The fourth-order valence-corrected chi connectivity index (χ4v) is 6.87. The third kappa shape index (κ3) is 2.82. The van der Waals surface area contributed by atoms with Crippen LogP contribution in [-0.4, -0.2) is 4.57 Å². The third-order valence-corrected chi connectivity index (χ3v) is 8.51. The van der Waals surface area contributed by atoms with Gasteiger partial charge in [-0.25, -0.2) is 0 Å². The van der Waals surface area contributed by atoms with E-state index in [2.05, 4.69) is 132 Å². The molecule has 6 aromatic carbocycles. The Labute approximate surface area is 212 Å². The maximum Gasteiger partial charge on any atom is 0.0548 e. The van der Waals surface area contributed by atoms with Gasteiger partial charge in [-0.05, 0) is 58.3 Å². The maximum atomic E-state index is 2.44. The smallest absolute Gasteiger partial charge is 0.0548 e. The summed E-state index contributed by atoms with van der Waals surface area (Å²) in [5.74, 6) is 0. The van der Waals surface area contributed by atoms with E-state index in [-0.39, 0.29) is 0 Å². The first-order valence-corrected chi connectivity index (χ1v) is 13.1. The van der Waals surface area contributed by atoms with Gasteiger partial charge in [0.05, 0.1) is 11.0 Å². The maximum absolute atomic E-state index is 2.44. The van der Waals surface area contributed by atoms with Crippen molar-refractivity contribution in [3.63, 3.8) is 0 Å². The predicted octanol–water partition coefficient (Wildman–Crippen LogP) is 9.97. The molecule has 0 aliphatic rings. The minimum atomic E-state index is 1.19. The Hall–Kier alpha value is -4.40. The molecule has 0 radical (unpaired) electrons. The summed E-state index contributed by atoms with van der Waals surface area (Å²) in [6.45, 7) is 0. The second-order valence-electron chi connectivity index (χ2n) is 9.39. The van der Waals surface area contributed by atoms with Gasteiger partial charge < -0.3 is 4.57 Å². The molecule has 8 rings (SSSR count). The van der Waals surface area contributed by atoms with Gasteiger partial charge in [0.15, 0.2) is 0 Å². The number of benzene rings is 6. The lowest BCUT2D eigenvalue weighted by Crippen LogP contribution is -1.94. The molecule has 0 unspecified atom stereocenters. The monoisotopic (exact) mass is 475 g/mol. The molecule has 0 fully saturated rings. The molecule has 0 bridgehead atoms. The molecule has 2 heteroatoms. The van der Waals surface area contributed by atoms with Gasteiger partial charge in [0.25, 0.3) is 0 Å². The highest BCUT2D eigenvalue weighted by atomic mass is 32.1. The quantitative estimate of drug-likeness (QED) is 0.234. The summed E-state index contributed by atoms with van der Waals surface area (Å²) in [7, 11) is 0. The Bertz CT molecular complexity index is 2090. The van der Waals surface area contributed by atoms with E-state index >= 15 is 0 Å². The number of aromatic nitrogens is 1. The normalized spacial score (nSPS) is 11.9. The number of hydrogen-bond donors (Lipinski definition) is 0. The third-order valence-electron chi connectivity index (χ3n) is 7.38. The molecule has 0 spiro atoms. The molecule has 0 atom stereocenters. The van der Waals surface area contributed by atoms with E-state index in [4.69, 9.17) is 0 Å². The van der Waals surface area contributed by atoms with Crippen LogP contribution in [0.5, 0.6) is 0 Å². The van der Waals surface area contributed by atoms with Crippen molar-refractivity contribution >= 4 is 64.1 Å². The average Bonchev–Trinajstić information content (AvgIpc) is 3.46. The molecule has 2 aromatic heterocycles. The minimum absolute atomic E-state index is 1.19. The highest BCUT2D eigenvalue weighted by Gasteiger charge is 2.16. The van der Waals surface area contributed by atoms with Crippen LogP contribution < -0.4 is 0 Å². The van der Waals surface area contributed by atoms with Crippen LogP contribution in [0.4, 0.5) is 0 Å². The van der Waals surface area contributed by atoms with Crippen LogP contribution in [0, 0.1) is 0 Å². The Morgan fingerprint density at radius 1 is 0.444 bits per heavy atom. The topological polar surface area (TPSA) is 4.93 Å². The van der Waals surface area contributed by atoms with Crippen molar-refractivity contribution in [3.05, 3.63) is 127 Å². The van der Waals surface area contributed by atoms with E-state index in [0.29, 0.717) is 0 Å². The molecule has 8 aromatic rings. The zero-order valence-electron chi connectivity index (χ0n) is 19.5. The molecule has 0 saturated carbocycles.